The quantitative estimate of drug-likeness (QED) is 0.892. The van der Waals surface area contributed by atoms with Crippen molar-refractivity contribution in [2.75, 3.05) is 38.2 Å². The third-order valence-corrected chi connectivity index (χ3v) is 3.75. The first-order valence-electron chi connectivity index (χ1n) is 6.03. The Kier molecular flexibility index (Phi) is 4.26. The van der Waals surface area contributed by atoms with E-state index in [0.29, 0.717) is 6.04 Å². The highest BCUT2D eigenvalue weighted by Gasteiger charge is 2.24. The zero-order valence-electron chi connectivity index (χ0n) is 10.1. The molecule has 1 aliphatic heterocycles. The summed E-state index contributed by atoms with van der Waals surface area (Å²) in [5.41, 5.74) is 1.10. The van der Waals surface area contributed by atoms with Crippen LogP contribution in [-0.2, 0) is 0 Å². The smallest absolute Gasteiger partial charge is 0.0639 e. The second-order valence-corrected chi connectivity index (χ2v) is 4.95. The molecule has 1 aromatic carbocycles. The number of hydrogen-bond donors (Lipinski definition) is 1. The number of halogens is 1. The van der Waals surface area contributed by atoms with Crippen LogP contribution in [0.15, 0.2) is 24.3 Å². The molecule has 1 saturated heterocycles. The number of likely N-dealkylation sites (N-methyl/N-ethyl adjacent to an activating group) is 1. The fraction of sp³-hybridized carbons (Fsp3) is 0.538. The van der Waals surface area contributed by atoms with Gasteiger partial charge in [-0.05, 0) is 25.6 Å². The van der Waals surface area contributed by atoms with Gasteiger partial charge in [0.15, 0.2) is 0 Å². The van der Waals surface area contributed by atoms with Crippen LogP contribution in [0.4, 0.5) is 5.69 Å². The number of rotatable bonds is 3. The maximum atomic E-state index is 9.08. The van der Waals surface area contributed by atoms with E-state index < -0.39 is 0 Å². The summed E-state index contributed by atoms with van der Waals surface area (Å²) in [5, 5.41) is 9.88. The van der Waals surface area contributed by atoms with E-state index in [-0.39, 0.29) is 6.61 Å². The van der Waals surface area contributed by atoms with Crippen molar-refractivity contribution in [2.45, 2.75) is 12.5 Å². The topological polar surface area (TPSA) is 26.7 Å². The molecule has 0 amide bonds. The second-order valence-electron chi connectivity index (χ2n) is 4.54. The molecule has 0 aromatic heterocycles. The zero-order valence-corrected chi connectivity index (χ0v) is 10.9. The van der Waals surface area contributed by atoms with Crippen LogP contribution in [0.2, 0.25) is 5.02 Å². The zero-order chi connectivity index (χ0) is 12.3. The average Bonchev–Trinajstić information content (AvgIpc) is 2.33. The van der Waals surface area contributed by atoms with E-state index in [0.717, 1.165) is 36.8 Å². The van der Waals surface area contributed by atoms with Gasteiger partial charge in [0.25, 0.3) is 0 Å². The third-order valence-electron chi connectivity index (χ3n) is 3.43. The molecule has 1 fully saturated rings. The van der Waals surface area contributed by atoms with Gasteiger partial charge in [-0.15, -0.1) is 0 Å². The van der Waals surface area contributed by atoms with Gasteiger partial charge in [0, 0.05) is 32.3 Å². The molecule has 1 aliphatic rings. The molecule has 0 saturated carbocycles. The molecule has 0 spiro atoms. The number of benzene rings is 1. The first-order valence-corrected chi connectivity index (χ1v) is 6.40. The van der Waals surface area contributed by atoms with Gasteiger partial charge in [-0.2, -0.15) is 0 Å². The first kappa shape index (κ1) is 12.7. The second kappa shape index (κ2) is 5.71. The molecule has 3 nitrogen and oxygen atoms in total. The number of aliphatic hydroxyl groups is 1. The van der Waals surface area contributed by atoms with E-state index in [1.54, 1.807) is 0 Å². The van der Waals surface area contributed by atoms with Crippen LogP contribution in [0.1, 0.15) is 6.42 Å². The average molecular weight is 255 g/mol. The predicted molar refractivity (Wildman–Crippen MR) is 71.8 cm³/mol. The number of para-hydroxylation sites is 1. The Morgan fingerprint density at radius 3 is 2.82 bits per heavy atom. The number of anilines is 1. The van der Waals surface area contributed by atoms with Crippen LogP contribution in [-0.4, -0.2) is 49.3 Å². The monoisotopic (exact) mass is 254 g/mol. The molecule has 1 N–H and O–H groups in total. The van der Waals surface area contributed by atoms with Gasteiger partial charge in [0.2, 0.25) is 0 Å². The Labute approximate surface area is 108 Å². The van der Waals surface area contributed by atoms with Gasteiger partial charge < -0.3 is 10.0 Å². The van der Waals surface area contributed by atoms with Crippen LogP contribution in [0.3, 0.4) is 0 Å². The van der Waals surface area contributed by atoms with Crippen molar-refractivity contribution in [3.8, 4) is 0 Å². The molecule has 17 heavy (non-hydrogen) atoms. The predicted octanol–water partition coefficient (Wildman–Crippen LogP) is 1.84. The molecular weight excluding hydrogens is 236 g/mol. The number of aliphatic hydroxyl groups excluding tert-OH is 1. The fourth-order valence-corrected chi connectivity index (χ4v) is 2.59. The van der Waals surface area contributed by atoms with E-state index in [2.05, 4.69) is 22.9 Å². The summed E-state index contributed by atoms with van der Waals surface area (Å²) in [5.74, 6) is 0. The molecule has 2 rings (SSSR count). The standard InChI is InChI=1S/C13H19ClN2O/c1-15-7-8-16(10-11(15)6-9-17)13-5-3-2-4-12(13)14/h2-5,11,17H,6-10H2,1H3. The molecule has 1 atom stereocenters. The summed E-state index contributed by atoms with van der Waals surface area (Å²) in [6.07, 6.45) is 0.817. The molecule has 4 heteroatoms. The minimum Gasteiger partial charge on any atom is -0.396 e. The Hall–Kier alpha value is -0.770. The summed E-state index contributed by atoms with van der Waals surface area (Å²) in [4.78, 5) is 4.62. The maximum absolute atomic E-state index is 9.08. The van der Waals surface area contributed by atoms with Crippen molar-refractivity contribution in [2.24, 2.45) is 0 Å². The normalized spacial score (nSPS) is 21.8. The molecule has 94 valence electrons. The third kappa shape index (κ3) is 2.92. The molecular formula is C13H19ClN2O. The molecule has 0 bridgehead atoms. The van der Waals surface area contributed by atoms with Crippen molar-refractivity contribution >= 4 is 17.3 Å². The SMILES string of the molecule is CN1CCN(c2ccccc2Cl)CC1CCO. The molecule has 1 heterocycles. The van der Waals surface area contributed by atoms with Crippen LogP contribution in [0, 0.1) is 0 Å². The minimum atomic E-state index is 0.241. The highest BCUT2D eigenvalue weighted by atomic mass is 35.5. The van der Waals surface area contributed by atoms with Gasteiger partial charge in [0.05, 0.1) is 10.7 Å². The highest BCUT2D eigenvalue weighted by Crippen LogP contribution is 2.27. The molecule has 0 aliphatic carbocycles. The lowest BCUT2D eigenvalue weighted by Crippen LogP contribution is -2.51. The van der Waals surface area contributed by atoms with E-state index in [4.69, 9.17) is 16.7 Å². The number of piperazine rings is 1. The van der Waals surface area contributed by atoms with E-state index in [1.165, 1.54) is 0 Å². The Balaban J connectivity index is 2.10. The van der Waals surface area contributed by atoms with Gasteiger partial charge in [-0.1, -0.05) is 23.7 Å². The van der Waals surface area contributed by atoms with Crippen LogP contribution in [0.25, 0.3) is 0 Å². The van der Waals surface area contributed by atoms with Crippen LogP contribution < -0.4 is 4.90 Å². The summed E-state index contributed by atoms with van der Waals surface area (Å²) in [6.45, 7) is 3.17. The largest absolute Gasteiger partial charge is 0.396 e. The Morgan fingerprint density at radius 2 is 2.12 bits per heavy atom. The lowest BCUT2D eigenvalue weighted by Gasteiger charge is -2.40. The van der Waals surface area contributed by atoms with Crippen molar-refractivity contribution in [3.63, 3.8) is 0 Å². The van der Waals surface area contributed by atoms with Crippen molar-refractivity contribution in [1.29, 1.82) is 0 Å². The van der Waals surface area contributed by atoms with E-state index in [1.807, 2.05) is 18.2 Å². The molecule has 1 unspecified atom stereocenters. The highest BCUT2D eigenvalue weighted by molar-refractivity contribution is 6.33. The first-order chi connectivity index (χ1) is 8.22. The van der Waals surface area contributed by atoms with Gasteiger partial charge in [0.1, 0.15) is 0 Å². The van der Waals surface area contributed by atoms with Crippen molar-refractivity contribution in [1.82, 2.24) is 4.90 Å². The van der Waals surface area contributed by atoms with E-state index in [9.17, 15) is 0 Å². The lowest BCUT2D eigenvalue weighted by molar-refractivity contribution is 0.171. The van der Waals surface area contributed by atoms with Gasteiger partial charge >= 0.3 is 0 Å². The summed E-state index contributed by atoms with van der Waals surface area (Å²) < 4.78 is 0. The van der Waals surface area contributed by atoms with Crippen LogP contribution >= 0.6 is 11.6 Å². The van der Waals surface area contributed by atoms with Gasteiger partial charge in [-0.25, -0.2) is 0 Å². The Morgan fingerprint density at radius 1 is 1.35 bits per heavy atom. The van der Waals surface area contributed by atoms with E-state index >= 15 is 0 Å². The minimum absolute atomic E-state index is 0.241. The fourth-order valence-electron chi connectivity index (χ4n) is 2.33. The Bertz CT molecular complexity index is 372. The van der Waals surface area contributed by atoms with Crippen molar-refractivity contribution < 1.29 is 5.11 Å². The summed E-state index contributed by atoms with van der Waals surface area (Å²) in [6, 6.07) is 8.36. The molecule has 0 radical (unpaired) electrons. The van der Waals surface area contributed by atoms with Gasteiger partial charge in [-0.3, -0.25) is 4.90 Å². The van der Waals surface area contributed by atoms with Crippen molar-refractivity contribution in [3.05, 3.63) is 29.3 Å². The maximum Gasteiger partial charge on any atom is 0.0639 e. The van der Waals surface area contributed by atoms with Crippen LogP contribution in [0.5, 0.6) is 0 Å². The summed E-state index contributed by atoms with van der Waals surface area (Å²) >= 11 is 6.21. The number of nitrogens with zero attached hydrogens (tertiary/aromatic N) is 2. The lowest BCUT2D eigenvalue weighted by atomic mass is 10.1. The summed E-state index contributed by atoms with van der Waals surface area (Å²) in [7, 11) is 2.12. The number of hydrogen-bond acceptors (Lipinski definition) is 3. The molecule has 1 aromatic rings.